The molecule has 2 amide bonds. The number of nitrogens with zero attached hydrogens (tertiary/aromatic N) is 3. The van der Waals surface area contributed by atoms with Gasteiger partial charge in [-0.25, -0.2) is 0 Å². The third kappa shape index (κ3) is 2.37. The van der Waals surface area contributed by atoms with Gasteiger partial charge in [-0.1, -0.05) is 30.0 Å². The van der Waals surface area contributed by atoms with Crippen LogP contribution in [0.1, 0.15) is 5.89 Å². The van der Waals surface area contributed by atoms with E-state index in [1.807, 2.05) is 30.3 Å². The zero-order valence-corrected chi connectivity index (χ0v) is 10.6. The van der Waals surface area contributed by atoms with E-state index in [1.54, 1.807) is 0 Å². The molecule has 0 bridgehead atoms. The number of hydrogen-bond acceptors (Lipinski definition) is 6. The maximum atomic E-state index is 11.5. The molecule has 0 atom stereocenters. The van der Waals surface area contributed by atoms with Gasteiger partial charge in [0.1, 0.15) is 6.54 Å². The molecule has 1 aliphatic heterocycles. The highest BCUT2D eigenvalue weighted by Gasteiger charge is 2.31. The molecule has 0 radical (unpaired) electrons. The first-order valence-electron chi connectivity index (χ1n) is 5.59. The van der Waals surface area contributed by atoms with Gasteiger partial charge in [0, 0.05) is 5.56 Å². The zero-order chi connectivity index (χ0) is 13.2. The van der Waals surface area contributed by atoms with Gasteiger partial charge in [-0.05, 0) is 12.1 Å². The number of thioether (sulfide) groups is 1. The van der Waals surface area contributed by atoms with Crippen LogP contribution in [0.2, 0.25) is 0 Å². The number of carbonyl (C=O) groups excluding carboxylic acids is 2. The van der Waals surface area contributed by atoms with Crippen LogP contribution in [-0.4, -0.2) is 32.0 Å². The number of rotatable bonds is 3. The minimum atomic E-state index is -0.274. The molecule has 2 heterocycles. The highest BCUT2D eigenvalue weighted by molar-refractivity contribution is 8.14. The van der Waals surface area contributed by atoms with Gasteiger partial charge in [-0.3, -0.25) is 14.5 Å². The summed E-state index contributed by atoms with van der Waals surface area (Å²) < 4.78 is 5.45. The molecule has 2 aromatic rings. The van der Waals surface area contributed by atoms with E-state index < -0.39 is 0 Å². The summed E-state index contributed by atoms with van der Waals surface area (Å²) in [5, 5.41) is 7.49. The van der Waals surface area contributed by atoms with Crippen molar-refractivity contribution < 1.29 is 14.0 Å². The molecular weight excluding hydrogens is 266 g/mol. The number of benzene rings is 1. The van der Waals surface area contributed by atoms with Crippen LogP contribution in [0, 0.1) is 0 Å². The molecule has 1 saturated heterocycles. The molecule has 19 heavy (non-hydrogen) atoms. The van der Waals surface area contributed by atoms with Crippen LogP contribution in [0.5, 0.6) is 0 Å². The SMILES string of the molecule is O=C1CSC(=O)N1Cc1nnc(-c2ccccc2)o1. The van der Waals surface area contributed by atoms with Gasteiger partial charge in [-0.2, -0.15) is 0 Å². The molecule has 0 aliphatic carbocycles. The summed E-state index contributed by atoms with van der Waals surface area (Å²) in [7, 11) is 0. The highest BCUT2D eigenvalue weighted by atomic mass is 32.2. The molecule has 7 heteroatoms. The highest BCUT2D eigenvalue weighted by Crippen LogP contribution is 2.22. The summed E-state index contributed by atoms with van der Waals surface area (Å²) in [6, 6.07) is 9.31. The first-order chi connectivity index (χ1) is 9.24. The Labute approximate surface area is 112 Å². The third-order valence-electron chi connectivity index (χ3n) is 2.62. The molecule has 1 aliphatic rings. The Morgan fingerprint density at radius 3 is 2.68 bits per heavy atom. The standard InChI is InChI=1S/C12H9N3O3S/c16-10-7-19-12(17)15(10)6-9-13-14-11(18-9)8-4-2-1-3-5-8/h1-5H,6-7H2. The lowest BCUT2D eigenvalue weighted by molar-refractivity contribution is -0.125. The van der Waals surface area contributed by atoms with Crippen molar-refractivity contribution in [2.45, 2.75) is 6.54 Å². The second-order valence-corrected chi connectivity index (χ2v) is 4.83. The molecule has 0 saturated carbocycles. The minimum absolute atomic E-state index is 0.0322. The van der Waals surface area contributed by atoms with Crippen molar-refractivity contribution in [2.75, 3.05) is 5.75 Å². The van der Waals surface area contributed by atoms with E-state index in [4.69, 9.17) is 4.42 Å². The van der Waals surface area contributed by atoms with E-state index in [1.165, 1.54) is 0 Å². The van der Waals surface area contributed by atoms with Gasteiger partial charge in [0.2, 0.25) is 17.7 Å². The molecule has 6 nitrogen and oxygen atoms in total. The van der Waals surface area contributed by atoms with Crippen LogP contribution in [0.25, 0.3) is 11.5 Å². The molecule has 1 aromatic carbocycles. The molecule has 0 spiro atoms. The average molecular weight is 275 g/mol. The van der Waals surface area contributed by atoms with Crippen LogP contribution in [-0.2, 0) is 11.3 Å². The Morgan fingerprint density at radius 2 is 2.00 bits per heavy atom. The second kappa shape index (κ2) is 4.85. The van der Waals surface area contributed by atoms with Gasteiger partial charge in [-0.15, -0.1) is 10.2 Å². The van der Waals surface area contributed by atoms with Crippen molar-refractivity contribution in [2.24, 2.45) is 0 Å². The molecule has 96 valence electrons. The fourth-order valence-corrected chi connectivity index (χ4v) is 2.41. The fraction of sp³-hybridized carbons (Fsp3) is 0.167. The molecule has 1 fully saturated rings. The van der Waals surface area contributed by atoms with E-state index in [0.717, 1.165) is 22.2 Å². The molecule has 1 aromatic heterocycles. The van der Waals surface area contributed by atoms with E-state index in [2.05, 4.69) is 10.2 Å². The molecule has 3 rings (SSSR count). The Kier molecular flexibility index (Phi) is 3.04. The van der Waals surface area contributed by atoms with E-state index >= 15 is 0 Å². The minimum Gasteiger partial charge on any atom is -0.419 e. The zero-order valence-electron chi connectivity index (χ0n) is 9.78. The summed E-state index contributed by atoms with van der Waals surface area (Å²) in [5.41, 5.74) is 0.801. The van der Waals surface area contributed by atoms with Crippen LogP contribution < -0.4 is 0 Å². The summed E-state index contributed by atoms with van der Waals surface area (Å²) in [6.45, 7) is 0.0322. The largest absolute Gasteiger partial charge is 0.419 e. The lowest BCUT2D eigenvalue weighted by Crippen LogP contribution is -2.28. The maximum absolute atomic E-state index is 11.5. The maximum Gasteiger partial charge on any atom is 0.289 e. The van der Waals surface area contributed by atoms with Crippen molar-refractivity contribution in [1.82, 2.24) is 15.1 Å². The third-order valence-corrected chi connectivity index (χ3v) is 3.48. The van der Waals surface area contributed by atoms with Crippen molar-refractivity contribution in [3.63, 3.8) is 0 Å². The van der Waals surface area contributed by atoms with Crippen LogP contribution in [0.15, 0.2) is 34.7 Å². The predicted molar refractivity (Wildman–Crippen MR) is 68.1 cm³/mol. The van der Waals surface area contributed by atoms with E-state index in [-0.39, 0.29) is 29.3 Å². The van der Waals surface area contributed by atoms with Crippen LogP contribution in [0.3, 0.4) is 0 Å². The van der Waals surface area contributed by atoms with Gasteiger partial charge in [0.05, 0.1) is 5.75 Å². The monoisotopic (exact) mass is 275 g/mol. The first kappa shape index (κ1) is 11.9. The van der Waals surface area contributed by atoms with Gasteiger partial charge in [0.25, 0.3) is 5.24 Å². The van der Waals surface area contributed by atoms with Crippen molar-refractivity contribution in [3.05, 3.63) is 36.2 Å². The number of carbonyl (C=O) groups is 2. The second-order valence-electron chi connectivity index (χ2n) is 3.90. The Balaban J connectivity index is 1.79. The average Bonchev–Trinajstić information content (AvgIpc) is 3.02. The predicted octanol–water partition coefficient (Wildman–Crippen LogP) is 1.93. The summed E-state index contributed by atoms with van der Waals surface area (Å²) in [6.07, 6.45) is 0. The normalized spacial score (nSPS) is 15.3. The van der Waals surface area contributed by atoms with Gasteiger partial charge >= 0.3 is 0 Å². The molecule has 0 unspecified atom stereocenters. The van der Waals surface area contributed by atoms with Crippen molar-refractivity contribution in [3.8, 4) is 11.5 Å². The Morgan fingerprint density at radius 1 is 1.21 bits per heavy atom. The van der Waals surface area contributed by atoms with Crippen LogP contribution >= 0.6 is 11.8 Å². The Hall–Kier alpha value is -2.15. The van der Waals surface area contributed by atoms with Gasteiger partial charge < -0.3 is 4.42 Å². The lowest BCUT2D eigenvalue weighted by atomic mass is 10.2. The number of aromatic nitrogens is 2. The van der Waals surface area contributed by atoms with Gasteiger partial charge in [0.15, 0.2) is 0 Å². The summed E-state index contributed by atoms with van der Waals surface area (Å²) in [4.78, 5) is 24.0. The van der Waals surface area contributed by atoms with Crippen molar-refractivity contribution in [1.29, 1.82) is 0 Å². The van der Waals surface area contributed by atoms with Crippen LogP contribution in [0.4, 0.5) is 4.79 Å². The van der Waals surface area contributed by atoms with E-state index in [0.29, 0.717) is 5.89 Å². The molecular formula is C12H9N3O3S. The lowest BCUT2D eigenvalue weighted by Gasteiger charge is -2.08. The van der Waals surface area contributed by atoms with E-state index in [9.17, 15) is 9.59 Å². The number of amides is 2. The smallest absolute Gasteiger partial charge is 0.289 e. The topological polar surface area (TPSA) is 76.3 Å². The van der Waals surface area contributed by atoms with Crippen molar-refractivity contribution >= 4 is 22.9 Å². The number of hydrogen-bond donors (Lipinski definition) is 0. The Bertz CT molecular complexity index is 610. The quantitative estimate of drug-likeness (QED) is 0.852. The number of imide groups is 1. The molecule has 0 N–H and O–H groups in total. The summed E-state index contributed by atoms with van der Waals surface area (Å²) >= 11 is 0.984. The summed E-state index contributed by atoms with van der Waals surface area (Å²) in [5.74, 6) is 0.582. The fourth-order valence-electron chi connectivity index (χ4n) is 1.68. The first-order valence-corrected chi connectivity index (χ1v) is 6.57.